The van der Waals surface area contributed by atoms with Gasteiger partial charge in [-0.1, -0.05) is 57.2 Å². The molecule has 1 aromatic carbocycles. The fourth-order valence-electron chi connectivity index (χ4n) is 4.87. The highest BCUT2D eigenvalue weighted by Crippen LogP contribution is 2.27. The van der Waals surface area contributed by atoms with Gasteiger partial charge in [-0.2, -0.15) is 0 Å². The first kappa shape index (κ1) is 27.8. The van der Waals surface area contributed by atoms with Gasteiger partial charge in [-0.05, 0) is 31.2 Å². The van der Waals surface area contributed by atoms with Gasteiger partial charge in [0.15, 0.2) is 0 Å². The van der Waals surface area contributed by atoms with Crippen LogP contribution in [-0.4, -0.2) is 66.4 Å². The number of para-hydroxylation sites is 1. The zero-order chi connectivity index (χ0) is 25.8. The normalized spacial score (nSPS) is 17.7. The van der Waals surface area contributed by atoms with Gasteiger partial charge >= 0.3 is 6.09 Å². The summed E-state index contributed by atoms with van der Waals surface area (Å²) in [6, 6.07) is 6.35. The third-order valence-electron chi connectivity index (χ3n) is 6.92. The third-order valence-corrected chi connectivity index (χ3v) is 6.92. The van der Waals surface area contributed by atoms with E-state index in [1.165, 1.54) is 6.42 Å². The van der Waals surface area contributed by atoms with Crippen LogP contribution in [0.15, 0.2) is 24.3 Å². The molecule has 0 saturated heterocycles. The standard InChI is InChI=1S/C27H41N3O6/c1-2-15-36-27(34)29-23(17-20-8-4-3-5-9-20)26(33)28-22(19-31)12-13-25(32)30-14-16-35-24-11-7-6-10-21(24)18-30/h6-7,10-11,20,22-23,31H,2-5,8-9,12-19H2,1H3,(H,28,33)(H,29,34)/t22-,23-/m0/s1. The predicted molar refractivity (Wildman–Crippen MR) is 135 cm³/mol. The molecule has 1 aliphatic heterocycles. The van der Waals surface area contributed by atoms with E-state index in [2.05, 4.69) is 10.6 Å². The summed E-state index contributed by atoms with van der Waals surface area (Å²) in [5.41, 5.74) is 0.960. The van der Waals surface area contributed by atoms with Gasteiger partial charge in [0.2, 0.25) is 11.8 Å². The second-order valence-electron chi connectivity index (χ2n) is 9.77. The molecule has 2 atom stereocenters. The number of fused-ring (bicyclic) bond motifs is 1. The summed E-state index contributed by atoms with van der Waals surface area (Å²) in [6.45, 7) is 3.28. The van der Waals surface area contributed by atoms with Crippen molar-refractivity contribution in [2.24, 2.45) is 5.92 Å². The fourth-order valence-corrected chi connectivity index (χ4v) is 4.87. The summed E-state index contributed by atoms with van der Waals surface area (Å²) >= 11 is 0. The Labute approximate surface area is 213 Å². The average Bonchev–Trinajstić information content (AvgIpc) is 3.12. The molecule has 3 rings (SSSR count). The van der Waals surface area contributed by atoms with E-state index in [-0.39, 0.29) is 31.4 Å². The fraction of sp³-hybridized carbons (Fsp3) is 0.667. The molecule has 2 aliphatic rings. The molecule has 1 fully saturated rings. The number of aliphatic hydroxyl groups excluding tert-OH is 1. The summed E-state index contributed by atoms with van der Waals surface area (Å²) in [6.07, 6.45) is 6.66. The molecule has 1 aliphatic carbocycles. The quantitative estimate of drug-likeness (QED) is 0.427. The highest BCUT2D eigenvalue weighted by Gasteiger charge is 2.28. The van der Waals surface area contributed by atoms with Gasteiger partial charge in [-0.3, -0.25) is 9.59 Å². The molecule has 3 N–H and O–H groups in total. The highest BCUT2D eigenvalue weighted by molar-refractivity contribution is 5.86. The van der Waals surface area contributed by atoms with Gasteiger partial charge in [0.1, 0.15) is 18.4 Å². The minimum absolute atomic E-state index is 0.0528. The maximum absolute atomic E-state index is 13.1. The lowest BCUT2D eigenvalue weighted by molar-refractivity contribution is -0.132. The van der Waals surface area contributed by atoms with Crippen molar-refractivity contribution in [1.29, 1.82) is 0 Å². The number of hydrogen-bond acceptors (Lipinski definition) is 6. The smallest absolute Gasteiger partial charge is 0.407 e. The number of ether oxygens (including phenoxy) is 2. The van der Waals surface area contributed by atoms with Crippen molar-refractivity contribution in [2.45, 2.75) is 83.3 Å². The molecule has 0 aromatic heterocycles. The minimum Gasteiger partial charge on any atom is -0.491 e. The second kappa shape index (κ2) is 14.7. The van der Waals surface area contributed by atoms with Crippen LogP contribution < -0.4 is 15.4 Å². The highest BCUT2D eigenvalue weighted by atomic mass is 16.5. The molecule has 0 spiro atoms. The number of nitrogens with one attached hydrogen (secondary N) is 2. The SMILES string of the molecule is CCCOC(=O)N[C@@H](CC1CCCCC1)C(=O)N[C@H](CO)CCC(=O)N1CCOc2ccccc2C1. The van der Waals surface area contributed by atoms with Crippen molar-refractivity contribution in [2.75, 3.05) is 26.4 Å². The molecular formula is C27H41N3O6. The van der Waals surface area contributed by atoms with Crippen LogP contribution in [0.3, 0.4) is 0 Å². The van der Waals surface area contributed by atoms with E-state index >= 15 is 0 Å². The molecule has 0 unspecified atom stereocenters. The molecule has 9 heteroatoms. The minimum atomic E-state index is -0.735. The monoisotopic (exact) mass is 503 g/mol. The van der Waals surface area contributed by atoms with Crippen LogP contribution in [0.1, 0.15) is 70.3 Å². The molecule has 9 nitrogen and oxygen atoms in total. The summed E-state index contributed by atoms with van der Waals surface area (Å²) in [4.78, 5) is 40.0. The summed E-state index contributed by atoms with van der Waals surface area (Å²) in [7, 11) is 0. The van der Waals surface area contributed by atoms with Crippen LogP contribution in [0.5, 0.6) is 5.75 Å². The maximum atomic E-state index is 13.1. The van der Waals surface area contributed by atoms with Crippen LogP contribution in [0.2, 0.25) is 0 Å². The van der Waals surface area contributed by atoms with Crippen molar-refractivity contribution in [1.82, 2.24) is 15.5 Å². The van der Waals surface area contributed by atoms with Gasteiger partial charge in [-0.15, -0.1) is 0 Å². The first-order chi connectivity index (χ1) is 17.5. The average molecular weight is 504 g/mol. The van der Waals surface area contributed by atoms with E-state index in [0.717, 1.165) is 37.0 Å². The molecule has 1 heterocycles. The van der Waals surface area contributed by atoms with E-state index in [1.54, 1.807) is 4.90 Å². The van der Waals surface area contributed by atoms with Crippen molar-refractivity contribution in [3.05, 3.63) is 29.8 Å². The van der Waals surface area contributed by atoms with Crippen molar-refractivity contribution < 1.29 is 29.0 Å². The van der Waals surface area contributed by atoms with Gasteiger partial charge in [-0.25, -0.2) is 4.79 Å². The van der Waals surface area contributed by atoms with Gasteiger partial charge in [0.25, 0.3) is 0 Å². The van der Waals surface area contributed by atoms with E-state index in [4.69, 9.17) is 9.47 Å². The van der Waals surface area contributed by atoms with Crippen LogP contribution in [0, 0.1) is 5.92 Å². The van der Waals surface area contributed by atoms with E-state index in [1.807, 2.05) is 31.2 Å². The Kier molecular flexibility index (Phi) is 11.3. The molecule has 1 saturated carbocycles. The van der Waals surface area contributed by atoms with Crippen LogP contribution in [0.4, 0.5) is 4.79 Å². The van der Waals surface area contributed by atoms with Crippen LogP contribution in [-0.2, 0) is 20.9 Å². The first-order valence-electron chi connectivity index (χ1n) is 13.3. The van der Waals surface area contributed by atoms with Gasteiger partial charge in [0.05, 0.1) is 25.8 Å². The van der Waals surface area contributed by atoms with Gasteiger partial charge < -0.3 is 30.1 Å². The lowest BCUT2D eigenvalue weighted by Gasteiger charge is -2.28. The van der Waals surface area contributed by atoms with E-state index in [0.29, 0.717) is 44.9 Å². The topological polar surface area (TPSA) is 117 Å². The van der Waals surface area contributed by atoms with E-state index in [9.17, 15) is 19.5 Å². The number of aliphatic hydroxyl groups is 1. The molecule has 0 bridgehead atoms. The Morgan fingerprint density at radius 2 is 1.94 bits per heavy atom. The lowest BCUT2D eigenvalue weighted by atomic mass is 9.84. The number of amides is 3. The Bertz CT molecular complexity index is 858. The molecule has 36 heavy (non-hydrogen) atoms. The molecular weight excluding hydrogens is 462 g/mol. The number of carbonyl (C=O) groups excluding carboxylic acids is 3. The Morgan fingerprint density at radius 3 is 2.69 bits per heavy atom. The van der Waals surface area contributed by atoms with Crippen LogP contribution >= 0.6 is 0 Å². The Balaban J connectivity index is 1.54. The zero-order valence-electron chi connectivity index (χ0n) is 21.4. The number of alkyl carbamates (subject to hydrolysis) is 1. The first-order valence-corrected chi connectivity index (χ1v) is 13.3. The zero-order valence-corrected chi connectivity index (χ0v) is 21.4. The van der Waals surface area contributed by atoms with Crippen molar-refractivity contribution in [3.8, 4) is 5.75 Å². The largest absolute Gasteiger partial charge is 0.491 e. The van der Waals surface area contributed by atoms with Crippen molar-refractivity contribution in [3.63, 3.8) is 0 Å². The summed E-state index contributed by atoms with van der Waals surface area (Å²) in [5, 5.41) is 15.5. The Morgan fingerprint density at radius 1 is 1.17 bits per heavy atom. The predicted octanol–water partition coefficient (Wildman–Crippen LogP) is 3.14. The maximum Gasteiger partial charge on any atom is 0.407 e. The Hall–Kier alpha value is -2.81. The number of rotatable bonds is 11. The molecule has 0 radical (unpaired) electrons. The number of nitrogens with zero attached hydrogens (tertiary/aromatic N) is 1. The van der Waals surface area contributed by atoms with E-state index < -0.39 is 18.2 Å². The second-order valence-corrected chi connectivity index (χ2v) is 9.77. The van der Waals surface area contributed by atoms with Gasteiger partial charge in [0, 0.05) is 18.5 Å². The molecule has 1 aromatic rings. The van der Waals surface area contributed by atoms with Crippen LogP contribution in [0.25, 0.3) is 0 Å². The van der Waals surface area contributed by atoms with Crippen molar-refractivity contribution >= 4 is 17.9 Å². The summed E-state index contributed by atoms with van der Waals surface area (Å²) < 4.78 is 10.9. The number of hydrogen-bond donors (Lipinski definition) is 3. The third kappa shape index (κ3) is 8.69. The molecule has 3 amide bonds. The summed E-state index contributed by atoms with van der Waals surface area (Å²) in [5.74, 6) is 0.756. The molecule has 200 valence electrons. The lowest BCUT2D eigenvalue weighted by Crippen LogP contribution is -2.51. The number of benzene rings is 1. The number of carbonyl (C=O) groups is 3.